The van der Waals surface area contributed by atoms with Crippen molar-refractivity contribution < 1.29 is 4.42 Å². The monoisotopic (exact) mass is 239 g/mol. The number of nitrogens with zero attached hydrogens (tertiary/aromatic N) is 4. The van der Waals surface area contributed by atoms with Crippen molar-refractivity contribution in [2.24, 2.45) is 5.73 Å². The van der Waals surface area contributed by atoms with Crippen LogP contribution in [0.1, 0.15) is 32.2 Å². The first-order chi connectivity index (χ1) is 8.08. The van der Waals surface area contributed by atoms with Crippen LogP contribution in [-0.4, -0.2) is 47.8 Å². The quantitative estimate of drug-likeness (QED) is 0.815. The maximum atomic E-state index is 5.72. The lowest BCUT2D eigenvalue weighted by Crippen LogP contribution is -2.38. The molecule has 2 rings (SSSR count). The van der Waals surface area contributed by atoms with Gasteiger partial charge in [0.2, 0.25) is 5.89 Å². The van der Waals surface area contributed by atoms with Crippen molar-refractivity contribution in [3.05, 3.63) is 5.89 Å². The minimum absolute atomic E-state index is 0.207. The Morgan fingerprint density at radius 1 is 1.41 bits per heavy atom. The summed E-state index contributed by atoms with van der Waals surface area (Å²) >= 11 is 0. The van der Waals surface area contributed by atoms with Crippen molar-refractivity contribution in [3.63, 3.8) is 0 Å². The molecule has 0 saturated carbocycles. The van der Waals surface area contributed by atoms with Crippen LogP contribution in [0.2, 0.25) is 0 Å². The van der Waals surface area contributed by atoms with Crippen LogP contribution in [0.25, 0.3) is 0 Å². The highest BCUT2D eigenvalue weighted by Gasteiger charge is 2.24. The van der Waals surface area contributed by atoms with Gasteiger partial charge in [0.25, 0.3) is 0 Å². The fourth-order valence-corrected chi connectivity index (χ4v) is 2.18. The number of aromatic nitrogens is 2. The Labute approximate surface area is 102 Å². The van der Waals surface area contributed by atoms with Crippen LogP contribution in [0.5, 0.6) is 0 Å². The fourth-order valence-electron chi connectivity index (χ4n) is 2.18. The molecule has 1 aliphatic heterocycles. The van der Waals surface area contributed by atoms with Crippen LogP contribution in [0.4, 0.5) is 6.01 Å². The van der Waals surface area contributed by atoms with Crippen molar-refractivity contribution in [3.8, 4) is 0 Å². The molecule has 2 unspecified atom stereocenters. The lowest BCUT2D eigenvalue weighted by molar-refractivity contribution is 0.334. The van der Waals surface area contributed by atoms with Crippen molar-refractivity contribution in [2.75, 3.05) is 31.6 Å². The summed E-state index contributed by atoms with van der Waals surface area (Å²) in [4.78, 5) is 4.50. The topological polar surface area (TPSA) is 71.4 Å². The van der Waals surface area contributed by atoms with Crippen molar-refractivity contribution in [2.45, 2.75) is 32.4 Å². The zero-order valence-electron chi connectivity index (χ0n) is 10.8. The van der Waals surface area contributed by atoms with Crippen LogP contribution in [0.15, 0.2) is 4.42 Å². The molecule has 1 fully saturated rings. The third kappa shape index (κ3) is 2.76. The van der Waals surface area contributed by atoms with E-state index < -0.39 is 0 Å². The molecule has 17 heavy (non-hydrogen) atoms. The highest BCUT2D eigenvalue weighted by molar-refractivity contribution is 5.27. The number of anilines is 1. The van der Waals surface area contributed by atoms with Crippen molar-refractivity contribution >= 4 is 6.01 Å². The second-order valence-corrected chi connectivity index (χ2v) is 4.87. The molecule has 0 radical (unpaired) electrons. The van der Waals surface area contributed by atoms with Crippen LogP contribution in [-0.2, 0) is 0 Å². The standard InChI is InChI=1S/C11H21N5O/c1-8-7-15(3)5-4-6-16(8)11-14-13-10(17-11)9(2)12/h8-9H,4-7,12H2,1-3H3. The number of likely N-dealkylation sites (N-methyl/N-ethyl adjacent to an activating group) is 1. The Kier molecular flexibility index (Phi) is 3.63. The molecule has 2 heterocycles. The van der Waals surface area contributed by atoms with Crippen LogP contribution in [0, 0.1) is 0 Å². The molecule has 1 aromatic heterocycles. The van der Waals surface area contributed by atoms with Gasteiger partial charge in [0, 0.05) is 19.1 Å². The molecular weight excluding hydrogens is 218 g/mol. The van der Waals surface area contributed by atoms with Gasteiger partial charge in [-0.05, 0) is 33.9 Å². The van der Waals surface area contributed by atoms with Crippen LogP contribution in [0.3, 0.4) is 0 Å². The van der Waals surface area contributed by atoms with Crippen LogP contribution < -0.4 is 10.6 Å². The van der Waals surface area contributed by atoms with E-state index in [1.54, 1.807) is 0 Å². The zero-order chi connectivity index (χ0) is 12.4. The summed E-state index contributed by atoms with van der Waals surface area (Å²) in [6, 6.07) is 0.769. The van der Waals surface area contributed by atoms with Gasteiger partial charge in [-0.15, -0.1) is 5.10 Å². The van der Waals surface area contributed by atoms with E-state index in [1.807, 2.05) is 6.92 Å². The van der Waals surface area contributed by atoms with E-state index in [0.717, 1.165) is 26.1 Å². The lowest BCUT2D eigenvalue weighted by Gasteiger charge is -2.25. The summed E-state index contributed by atoms with van der Waals surface area (Å²) < 4.78 is 5.61. The third-order valence-corrected chi connectivity index (χ3v) is 3.11. The summed E-state index contributed by atoms with van der Waals surface area (Å²) in [7, 11) is 2.14. The highest BCUT2D eigenvalue weighted by atomic mass is 16.4. The molecule has 0 bridgehead atoms. The number of hydrogen-bond acceptors (Lipinski definition) is 6. The summed E-state index contributed by atoms with van der Waals surface area (Å²) in [6.45, 7) is 7.09. The molecule has 0 aromatic carbocycles. The molecule has 1 aliphatic rings. The maximum Gasteiger partial charge on any atom is 0.318 e. The van der Waals surface area contributed by atoms with E-state index in [4.69, 9.17) is 10.2 Å². The lowest BCUT2D eigenvalue weighted by atomic mass is 10.3. The maximum absolute atomic E-state index is 5.72. The van der Waals surface area contributed by atoms with E-state index in [1.165, 1.54) is 0 Å². The van der Waals surface area contributed by atoms with Crippen molar-refractivity contribution in [1.82, 2.24) is 15.1 Å². The van der Waals surface area contributed by atoms with Crippen molar-refractivity contribution in [1.29, 1.82) is 0 Å². The van der Waals surface area contributed by atoms with Gasteiger partial charge < -0.3 is 20.0 Å². The summed E-state index contributed by atoms with van der Waals surface area (Å²) in [5, 5.41) is 8.07. The molecular formula is C11H21N5O. The minimum Gasteiger partial charge on any atom is -0.406 e. The number of hydrogen-bond donors (Lipinski definition) is 1. The minimum atomic E-state index is -0.207. The predicted octanol–water partition coefficient (Wildman–Crippen LogP) is 0.620. The van der Waals surface area contributed by atoms with Gasteiger partial charge in [-0.2, -0.15) is 0 Å². The van der Waals surface area contributed by atoms with E-state index in [9.17, 15) is 0 Å². The largest absolute Gasteiger partial charge is 0.406 e. The molecule has 0 amide bonds. The SMILES string of the molecule is CC(N)c1nnc(N2CCCN(C)CC2C)o1. The van der Waals surface area contributed by atoms with E-state index in [-0.39, 0.29) is 6.04 Å². The Bertz CT molecular complexity index is 364. The van der Waals surface area contributed by atoms with Gasteiger partial charge in [0.15, 0.2) is 0 Å². The molecule has 0 aliphatic carbocycles. The summed E-state index contributed by atoms with van der Waals surface area (Å²) in [5.74, 6) is 0.504. The second-order valence-electron chi connectivity index (χ2n) is 4.87. The molecule has 6 heteroatoms. The highest BCUT2D eigenvalue weighted by Crippen LogP contribution is 2.20. The molecule has 2 N–H and O–H groups in total. The Balaban J connectivity index is 2.13. The Morgan fingerprint density at radius 3 is 2.82 bits per heavy atom. The first-order valence-electron chi connectivity index (χ1n) is 6.12. The van der Waals surface area contributed by atoms with Crippen LogP contribution >= 0.6 is 0 Å². The average Bonchev–Trinajstić information content (AvgIpc) is 2.67. The smallest absolute Gasteiger partial charge is 0.318 e. The fraction of sp³-hybridized carbons (Fsp3) is 0.818. The van der Waals surface area contributed by atoms with E-state index >= 15 is 0 Å². The van der Waals surface area contributed by atoms with Gasteiger partial charge in [-0.25, -0.2) is 0 Å². The van der Waals surface area contributed by atoms with Gasteiger partial charge in [-0.1, -0.05) is 5.10 Å². The molecule has 0 spiro atoms. The average molecular weight is 239 g/mol. The molecule has 96 valence electrons. The van der Waals surface area contributed by atoms with E-state index in [2.05, 4.69) is 34.0 Å². The van der Waals surface area contributed by atoms with Gasteiger partial charge in [0.1, 0.15) is 0 Å². The first kappa shape index (κ1) is 12.3. The molecule has 6 nitrogen and oxygen atoms in total. The number of rotatable bonds is 2. The Hall–Kier alpha value is -1.14. The molecule has 1 aromatic rings. The third-order valence-electron chi connectivity index (χ3n) is 3.11. The normalized spacial score (nSPS) is 24.7. The second kappa shape index (κ2) is 5.01. The predicted molar refractivity (Wildman–Crippen MR) is 65.8 cm³/mol. The van der Waals surface area contributed by atoms with Gasteiger partial charge >= 0.3 is 6.01 Å². The summed E-state index contributed by atoms with van der Waals surface area (Å²) in [5.41, 5.74) is 5.72. The van der Waals surface area contributed by atoms with Gasteiger partial charge in [-0.3, -0.25) is 0 Å². The Morgan fingerprint density at radius 2 is 2.18 bits per heavy atom. The number of nitrogens with two attached hydrogens (primary N) is 1. The molecule has 2 atom stereocenters. The van der Waals surface area contributed by atoms with E-state index in [0.29, 0.717) is 17.9 Å². The zero-order valence-corrected chi connectivity index (χ0v) is 10.8. The summed E-state index contributed by atoms with van der Waals surface area (Å²) in [6.07, 6.45) is 1.11. The molecule has 1 saturated heterocycles. The van der Waals surface area contributed by atoms with Gasteiger partial charge in [0.05, 0.1) is 6.04 Å². The first-order valence-corrected chi connectivity index (χ1v) is 6.12.